The fourth-order valence-corrected chi connectivity index (χ4v) is 7.90. The molecule has 0 bridgehead atoms. The van der Waals surface area contributed by atoms with Crippen LogP contribution in [0.4, 0.5) is 4.79 Å². The molecule has 1 aromatic carbocycles. The molecule has 5 rings (SSSR count). The normalized spacial score (nSPS) is 25.9. The van der Waals surface area contributed by atoms with Crippen LogP contribution < -0.4 is 15.4 Å². The van der Waals surface area contributed by atoms with Gasteiger partial charge in [0.15, 0.2) is 5.78 Å². The fraction of sp³-hybridized carbons (Fsp3) is 0.618. The molecule has 266 valence electrons. The molecule has 1 aromatic heterocycles. The van der Waals surface area contributed by atoms with E-state index in [0.29, 0.717) is 25.1 Å². The molecule has 3 aliphatic carbocycles. The van der Waals surface area contributed by atoms with Gasteiger partial charge in [-0.25, -0.2) is 13.2 Å². The number of benzene rings is 1. The van der Waals surface area contributed by atoms with E-state index in [0.717, 1.165) is 5.56 Å². The van der Waals surface area contributed by atoms with Gasteiger partial charge in [-0.3, -0.25) is 19.1 Å². The van der Waals surface area contributed by atoms with Gasteiger partial charge in [-0.1, -0.05) is 57.2 Å². The predicted molar refractivity (Wildman–Crippen MR) is 180 cm³/mol. The fourth-order valence-electron chi connectivity index (χ4n) is 6.54. The maximum absolute atomic E-state index is 14.5. The van der Waals surface area contributed by atoms with E-state index in [1.54, 1.807) is 26.8 Å². The summed E-state index contributed by atoms with van der Waals surface area (Å²) in [7, 11) is -3.87. The summed E-state index contributed by atoms with van der Waals surface area (Å²) in [4.78, 5) is 56.6. The average Bonchev–Trinajstić information content (AvgIpc) is 3.87. The molecule has 0 aliphatic heterocycles. The maximum atomic E-state index is 14.5. The highest BCUT2D eigenvalue weighted by molar-refractivity contribution is 7.91. The van der Waals surface area contributed by atoms with E-state index in [9.17, 15) is 27.6 Å². The summed E-state index contributed by atoms with van der Waals surface area (Å²) in [5.74, 6) is -3.59. The molecule has 49 heavy (non-hydrogen) atoms. The number of ether oxygens (including phenoxy) is 1. The summed E-state index contributed by atoms with van der Waals surface area (Å²) in [5, 5.41) is 18.0. The van der Waals surface area contributed by atoms with Crippen LogP contribution in [0.3, 0.4) is 0 Å². The van der Waals surface area contributed by atoms with Crippen LogP contribution in [0.2, 0.25) is 0 Å². The van der Waals surface area contributed by atoms with Crippen molar-refractivity contribution in [2.45, 2.75) is 109 Å². The third-order valence-electron chi connectivity index (χ3n) is 9.34. The second-order valence-electron chi connectivity index (χ2n) is 15.5. The van der Waals surface area contributed by atoms with E-state index in [4.69, 9.17) is 4.74 Å². The Bertz CT molecular complexity index is 1710. The highest BCUT2D eigenvalue weighted by Gasteiger charge is 2.62. The zero-order valence-corrected chi connectivity index (χ0v) is 29.7. The molecule has 0 spiro atoms. The van der Waals surface area contributed by atoms with Crippen LogP contribution in [0.15, 0.2) is 43.0 Å². The molecular formula is C34H47N7O7S. The van der Waals surface area contributed by atoms with Gasteiger partial charge in [0, 0.05) is 17.4 Å². The molecule has 2 aromatic rings. The Labute approximate surface area is 287 Å². The summed E-state index contributed by atoms with van der Waals surface area (Å²) >= 11 is 0. The third-order valence-corrected chi connectivity index (χ3v) is 11.2. The lowest BCUT2D eigenvalue weighted by Gasteiger charge is -2.34. The molecule has 3 amide bonds. The number of hydrogen-bond acceptors (Lipinski definition) is 10. The first-order chi connectivity index (χ1) is 22.8. The predicted octanol–water partition coefficient (Wildman–Crippen LogP) is 3.48. The highest BCUT2D eigenvalue weighted by atomic mass is 32.2. The van der Waals surface area contributed by atoms with Gasteiger partial charge in [0.05, 0.1) is 17.3 Å². The van der Waals surface area contributed by atoms with E-state index < -0.39 is 73.7 Å². The van der Waals surface area contributed by atoms with Crippen LogP contribution >= 0.6 is 0 Å². The smallest absolute Gasteiger partial charge is 0.408 e. The Balaban J connectivity index is 1.44. The standard InChI is InChI=1S/C34H47N7O7S/c1-8-12-21-19-34(21,30(44)39-49(46,47)23-15-16-23)36-29(43)25-18-22(41-38-28(37-40-41)20-13-10-9-11-14-20)17-24(25)26(42)27(32(2,3)4)35-31(45)48-33(5,6)7/h8-11,13-14,21-25,27H,1,12,15-19H2,2-7H3,(H,35,45)(H,36,43)(H,39,44)/t21-,22+,24?,25-,27?,34+/m1/s1. The summed E-state index contributed by atoms with van der Waals surface area (Å²) in [5.41, 5.74) is -2.29. The van der Waals surface area contributed by atoms with Crippen LogP contribution in [0.5, 0.6) is 0 Å². The molecule has 3 N–H and O–H groups in total. The Morgan fingerprint density at radius 3 is 2.31 bits per heavy atom. The Morgan fingerprint density at radius 1 is 1.06 bits per heavy atom. The van der Waals surface area contributed by atoms with Gasteiger partial charge < -0.3 is 15.4 Å². The van der Waals surface area contributed by atoms with E-state index in [-0.39, 0.29) is 31.0 Å². The van der Waals surface area contributed by atoms with Crippen molar-refractivity contribution in [3.63, 3.8) is 0 Å². The van der Waals surface area contributed by atoms with Gasteiger partial charge in [0.25, 0.3) is 5.91 Å². The monoisotopic (exact) mass is 697 g/mol. The van der Waals surface area contributed by atoms with E-state index in [2.05, 4.69) is 37.3 Å². The zero-order chi connectivity index (χ0) is 35.9. The molecule has 2 unspecified atom stereocenters. The number of nitrogens with one attached hydrogen (secondary N) is 3. The van der Waals surface area contributed by atoms with Crippen molar-refractivity contribution in [3.8, 4) is 11.4 Å². The van der Waals surface area contributed by atoms with Gasteiger partial charge in [-0.05, 0) is 75.8 Å². The SMILES string of the molecule is C=CC[C@@H]1C[C@@]1(NC(=O)[C@@H]1C[C@@H](n2nnc(-c3ccccc3)n2)CC1C(=O)C(NC(=O)OC(C)(C)C)C(C)(C)C)C(=O)NS(=O)(=O)C1CC1. The topological polar surface area (TPSA) is 191 Å². The summed E-state index contributed by atoms with van der Waals surface area (Å²) in [6.45, 7) is 14.3. The van der Waals surface area contributed by atoms with Crippen molar-refractivity contribution >= 4 is 33.7 Å². The second-order valence-corrected chi connectivity index (χ2v) is 17.5. The average molecular weight is 698 g/mol. The number of rotatable bonds is 12. The van der Waals surface area contributed by atoms with Gasteiger partial charge in [-0.2, -0.15) is 4.80 Å². The van der Waals surface area contributed by atoms with Gasteiger partial charge in [0.2, 0.25) is 21.8 Å². The second kappa shape index (κ2) is 13.3. The van der Waals surface area contributed by atoms with E-state index >= 15 is 0 Å². The van der Waals surface area contributed by atoms with E-state index in [1.807, 2.05) is 51.1 Å². The molecule has 15 heteroatoms. The summed E-state index contributed by atoms with van der Waals surface area (Å²) in [6, 6.07) is 7.72. The molecule has 0 saturated heterocycles. The minimum Gasteiger partial charge on any atom is -0.444 e. The Hall–Kier alpha value is -4.14. The first-order valence-corrected chi connectivity index (χ1v) is 18.3. The van der Waals surface area contributed by atoms with Crippen LogP contribution in [0.25, 0.3) is 11.4 Å². The number of nitrogens with zero attached hydrogens (tertiary/aromatic N) is 4. The molecule has 3 aliphatic rings. The van der Waals surface area contributed by atoms with Crippen LogP contribution in [0, 0.1) is 23.2 Å². The van der Waals surface area contributed by atoms with Crippen LogP contribution in [-0.4, -0.2) is 74.7 Å². The third kappa shape index (κ3) is 8.19. The maximum Gasteiger partial charge on any atom is 0.408 e. The molecule has 3 fully saturated rings. The largest absolute Gasteiger partial charge is 0.444 e. The van der Waals surface area contributed by atoms with E-state index in [1.165, 1.54) is 4.80 Å². The van der Waals surface area contributed by atoms with Gasteiger partial charge in [-0.15, -0.1) is 16.8 Å². The number of alkyl carbamates (subject to hydrolysis) is 1. The quantitative estimate of drug-likeness (QED) is 0.277. The number of tetrazole rings is 1. The first kappa shape index (κ1) is 36.1. The first-order valence-electron chi connectivity index (χ1n) is 16.7. The minimum absolute atomic E-state index is 0.139. The number of hydrogen-bond donors (Lipinski definition) is 3. The molecule has 6 atom stereocenters. The minimum atomic E-state index is -3.87. The number of amides is 3. The summed E-state index contributed by atoms with van der Waals surface area (Å²) in [6.07, 6.45) is 2.70. The molecule has 14 nitrogen and oxygen atoms in total. The molecule has 1 heterocycles. The van der Waals surface area contributed by atoms with Crippen molar-refractivity contribution in [1.29, 1.82) is 0 Å². The highest BCUT2D eigenvalue weighted by Crippen LogP contribution is 2.49. The molecular weight excluding hydrogens is 650 g/mol. The lowest BCUT2D eigenvalue weighted by atomic mass is 9.77. The summed E-state index contributed by atoms with van der Waals surface area (Å²) < 4.78 is 33.1. The number of aromatic nitrogens is 4. The van der Waals surface area contributed by atoms with Gasteiger partial charge in [0.1, 0.15) is 11.1 Å². The molecule has 0 radical (unpaired) electrons. The number of allylic oxidation sites excluding steroid dienone is 1. The number of carbonyl (C=O) groups excluding carboxylic acids is 4. The van der Waals surface area contributed by atoms with Crippen LogP contribution in [0.1, 0.15) is 86.1 Å². The van der Waals surface area contributed by atoms with Crippen molar-refractivity contribution in [1.82, 2.24) is 35.6 Å². The number of Topliss-reactive ketones (excluding diaryl/α,β-unsaturated/α-hetero) is 1. The Morgan fingerprint density at radius 2 is 1.71 bits per heavy atom. The van der Waals surface area contributed by atoms with Crippen molar-refractivity contribution < 1.29 is 32.3 Å². The van der Waals surface area contributed by atoms with Crippen molar-refractivity contribution in [2.24, 2.45) is 23.2 Å². The van der Waals surface area contributed by atoms with Crippen molar-refractivity contribution in [3.05, 3.63) is 43.0 Å². The molecule has 3 saturated carbocycles. The lowest BCUT2D eigenvalue weighted by Crippen LogP contribution is -2.56. The lowest BCUT2D eigenvalue weighted by molar-refractivity contribution is -0.137. The Kier molecular flexibility index (Phi) is 9.80. The van der Waals surface area contributed by atoms with Crippen LogP contribution in [-0.2, 0) is 29.1 Å². The number of carbonyl (C=O) groups is 4. The van der Waals surface area contributed by atoms with Crippen molar-refractivity contribution in [2.75, 3.05) is 0 Å². The van der Waals surface area contributed by atoms with Gasteiger partial charge >= 0.3 is 6.09 Å². The number of sulfonamides is 1. The number of ketones is 1. The zero-order valence-electron chi connectivity index (χ0n) is 28.9.